The highest BCUT2D eigenvalue weighted by atomic mass is 16.2. The molecule has 108 valence electrons. The maximum atomic E-state index is 12.1. The van der Waals surface area contributed by atoms with Crippen LogP contribution in [0.25, 0.3) is 0 Å². The lowest BCUT2D eigenvalue weighted by atomic mass is 9.99. The molecule has 2 rings (SSSR count). The quantitative estimate of drug-likeness (QED) is 0.851. The second kappa shape index (κ2) is 6.18. The van der Waals surface area contributed by atoms with Gasteiger partial charge in [0, 0.05) is 31.1 Å². The van der Waals surface area contributed by atoms with Crippen LogP contribution in [0.2, 0.25) is 0 Å². The first-order valence-corrected chi connectivity index (χ1v) is 7.13. The fourth-order valence-corrected chi connectivity index (χ4v) is 2.60. The highest BCUT2D eigenvalue weighted by Gasteiger charge is 2.19. The van der Waals surface area contributed by atoms with Gasteiger partial charge >= 0.3 is 0 Å². The highest BCUT2D eigenvalue weighted by molar-refractivity contribution is 5.94. The van der Waals surface area contributed by atoms with Crippen LogP contribution in [-0.2, 0) is 17.6 Å². The lowest BCUT2D eigenvalue weighted by molar-refractivity contribution is -0.131. The number of benzene rings is 1. The Morgan fingerprint density at radius 1 is 1.25 bits per heavy atom. The Hall–Kier alpha value is -1.68. The molecule has 1 heterocycles. The number of nitrogens with zero attached hydrogens (tertiary/aromatic N) is 1. The minimum atomic E-state index is -0.0996. The largest absolute Gasteiger partial charge is 0.342 e. The van der Waals surface area contributed by atoms with E-state index in [-0.39, 0.29) is 17.7 Å². The van der Waals surface area contributed by atoms with Gasteiger partial charge in [-0.15, -0.1) is 0 Å². The minimum Gasteiger partial charge on any atom is -0.342 e. The van der Waals surface area contributed by atoms with Crippen molar-refractivity contribution in [3.8, 4) is 0 Å². The third-order valence-electron chi connectivity index (χ3n) is 3.76. The molecule has 0 saturated heterocycles. The standard InChI is InChI=1S/C16H22N2O2/c1-11(17)9-16(20)18-7-5-13-3-4-14(12(2)19)10-15(13)6-8-18/h3-4,10-11H,5-9,17H2,1-2H3. The van der Waals surface area contributed by atoms with Crippen LogP contribution < -0.4 is 5.73 Å². The number of ketones is 1. The van der Waals surface area contributed by atoms with E-state index in [1.807, 2.05) is 30.0 Å². The summed E-state index contributed by atoms with van der Waals surface area (Å²) in [5.41, 5.74) is 8.87. The van der Waals surface area contributed by atoms with Crippen LogP contribution in [0.15, 0.2) is 18.2 Å². The fourth-order valence-electron chi connectivity index (χ4n) is 2.60. The minimum absolute atomic E-state index is 0.0851. The molecule has 1 aliphatic heterocycles. The predicted molar refractivity (Wildman–Crippen MR) is 78.7 cm³/mol. The monoisotopic (exact) mass is 274 g/mol. The molecule has 1 amide bonds. The van der Waals surface area contributed by atoms with Gasteiger partial charge in [-0.1, -0.05) is 12.1 Å². The molecule has 1 aliphatic rings. The summed E-state index contributed by atoms with van der Waals surface area (Å²) in [4.78, 5) is 25.4. The smallest absolute Gasteiger partial charge is 0.224 e. The molecule has 2 N–H and O–H groups in total. The van der Waals surface area contributed by atoms with E-state index in [9.17, 15) is 9.59 Å². The van der Waals surface area contributed by atoms with Gasteiger partial charge in [0.2, 0.25) is 5.91 Å². The summed E-state index contributed by atoms with van der Waals surface area (Å²) in [5, 5.41) is 0. The molecule has 0 saturated carbocycles. The third kappa shape index (κ3) is 3.45. The van der Waals surface area contributed by atoms with Crippen LogP contribution in [0.3, 0.4) is 0 Å². The van der Waals surface area contributed by atoms with Crippen molar-refractivity contribution in [3.05, 3.63) is 34.9 Å². The summed E-state index contributed by atoms with van der Waals surface area (Å²) in [6.45, 7) is 4.87. The topological polar surface area (TPSA) is 63.4 Å². The van der Waals surface area contributed by atoms with Crippen LogP contribution in [0, 0.1) is 0 Å². The molecular weight excluding hydrogens is 252 g/mol. The van der Waals surface area contributed by atoms with Gasteiger partial charge in [-0.25, -0.2) is 0 Å². The number of carbonyl (C=O) groups excluding carboxylic acids is 2. The first kappa shape index (κ1) is 14.7. The average Bonchev–Trinajstić information content (AvgIpc) is 2.59. The Balaban J connectivity index is 2.10. The zero-order valence-corrected chi connectivity index (χ0v) is 12.2. The van der Waals surface area contributed by atoms with Crippen LogP contribution in [0.4, 0.5) is 0 Å². The molecule has 0 spiro atoms. The van der Waals surface area contributed by atoms with E-state index in [0.717, 1.165) is 24.9 Å². The van der Waals surface area contributed by atoms with E-state index in [1.165, 1.54) is 11.1 Å². The lowest BCUT2D eigenvalue weighted by Crippen LogP contribution is -2.36. The van der Waals surface area contributed by atoms with Gasteiger partial charge in [0.15, 0.2) is 5.78 Å². The second-order valence-corrected chi connectivity index (χ2v) is 5.60. The number of rotatable bonds is 3. The van der Waals surface area contributed by atoms with Crippen molar-refractivity contribution in [2.75, 3.05) is 13.1 Å². The van der Waals surface area contributed by atoms with Gasteiger partial charge in [0.05, 0.1) is 0 Å². The summed E-state index contributed by atoms with van der Waals surface area (Å²) >= 11 is 0. The van der Waals surface area contributed by atoms with Crippen molar-refractivity contribution in [1.82, 2.24) is 4.90 Å². The maximum absolute atomic E-state index is 12.1. The number of carbonyl (C=O) groups is 2. The Bertz CT molecular complexity index is 523. The zero-order chi connectivity index (χ0) is 14.7. The molecule has 0 aliphatic carbocycles. The first-order chi connectivity index (χ1) is 9.47. The number of nitrogens with two attached hydrogens (primary N) is 1. The fraction of sp³-hybridized carbons (Fsp3) is 0.500. The number of amides is 1. The average molecular weight is 274 g/mol. The van der Waals surface area contributed by atoms with Gasteiger partial charge < -0.3 is 10.6 Å². The Morgan fingerprint density at radius 2 is 1.90 bits per heavy atom. The molecule has 0 radical (unpaired) electrons. The summed E-state index contributed by atoms with van der Waals surface area (Å²) in [5.74, 6) is 0.210. The van der Waals surface area contributed by atoms with E-state index in [0.29, 0.717) is 13.0 Å². The van der Waals surface area contributed by atoms with Gasteiger partial charge in [0.1, 0.15) is 0 Å². The van der Waals surface area contributed by atoms with Gasteiger partial charge in [-0.3, -0.25) is 9.59 Å². The molecule has 0 aromatic heterocycles. The van der Waals surface area contributed by atoms with Crippen molar-refractivity contribution in [2.24, 2.45) is 5.73 Å². The van der Waals surface area contributed by atoms with E-state index in [2.05, 4.69) is 0 Å². The Kier molecular flexibility index (Phi) is 4.55. The normalized spacial score (nSPS) is 16.2. The summed E-state index contributed by atoms with van der Waals surface area (Å²) < 4.78 is 0. The van der Waals surface area contributed by atoms with E-state index < -0.39 is 0 Å². The van der Waals surface area contributed by atoms with Crippen molar-refractivity contribution in [2.45, 2.75) is 39.2 Å². The second-order valence-electron chi connectivity index (χ2n) is 5.60. The van der Waals surface area contributed by atoms with Gasteiger partial charge in [-0.2, -0.15) is 0 Å². The van der Waals surface area contributed by atoms with Gasteiger partial charge in [0.25, 0.3) is 0 Å². The molecule has 1 aromatic rings. The Labute approximate surface area is 119 Å². The summed E-state index contributed by atoms with van der Waals surface area (Å²) in [6.07, 6.45) is 2.05. The van der Waals surface area contributed by atoms with Crippen molar-refractivity contribution in [1.29, 1.82) is 0 Å². The number of Topliss-reactive ketones (excluding diaryl/α,β-unsaturated/α-hetero) is 1. The molecular formula is C16H22N2O2. The molecule has 1 atom stereocenters. The Morgan fingerprint density at radius 3 is 2.50 bits per heavy atom. The SMILES string of the molecule is CC(=O)c1ccc2c(c1)CCN(C(=O)CC(C)N)CC2. The van der Waals surface area contributed by atoms with Crippen molar-refractivity contribution < 1.29 is 9.59 Å². The van der Waals surface area contributed by atoms with Crippen LogP contribution in [-0.4, -0.2) is 35.7 Å². The van der Waals surface area contributed by atoms with Crippen LogP contribution in [0.1, 0.15) is 41.8 Å². The molecule has 0 bridgehead atoms. The van der Waals surface area contributed by atoms with E-state index in [1.54, 1.807) is 6.92 Å². The maximum Gasteiger partial charge on any atom is 0.224 e. The van der Waals surface area contributed by atoms with Crippen molar-refractivity contribution in [3.63, 3.8) is 0 Å². The molecule has 4 nitrogen and oxygen atoms in total. The molecule has 0 fully saturated rings. The van der Waals surface area contributed by atoms with E-state index >= 15 is 0 Å². The molecule has 4 heteroatoms. The molecule has 20 heavy (non-hydrogen) atoms. The number of fused-ring (bicyclic) bond motifs is 1. The lowest BCUT2D eigenvalue weighted by Gasteiger charge is -2.21. The number of hydrogen-bond donors (Lipinski definition) is 1. The highest BCUT2D eigenvalue weighted by Crippen LogP contribution is 2.18. The third-order valence-corrected chi connectivity index (χ3v) is 3.76. The van der Waals surface area contributed by atoms with Crippen LogP contribution >= 0.6 is 0 Å². The summed E-state index contributed by atoms with van der Waals surface area (Å²) in [6, 6.07) is 5.76. The first-order valence-electron chi connectivity index (χ1n) is 7.13. The van der Waals surface area contributed by atoms with Crippen molar-refractivity contribution >= 4 is 11.7 Å². The summed E-state index contributed by atoms with van der Waals surface area (Å²) in [7, 11) is 0. The van der Waals surface area contributed by atoms with Gasteiger partial charge in [-0.05, 0) is 43.9 Å². The number of hydrogen-bond acceptors (Lipinski definition) is 3. The predicted octanol–water partition coefficient (Wildman–Crippen LogP) is 1.55. The van der Waals surface area contributed by atoms with Crippen LogP contribution in [0.5, 0.6) is 0 Å². The zero-order valence-electron chi connectivity index (χ0n) is 12.2. The molecule has 1 aromatic carbocycles. The van der Waals surface area contributed by atoms with E-state index in [4.69, 9.17) is 5.73 Å². The molecule has 1 unspecified atom stereocenters.